The summed E-state index contributed by atoms with van der Waals surface area (Å²) in [6.07, 6.45) is 0.238. The average Bonchev–Trinajstić information content (AvgIpc) is 2.59. The average molecular weight is 417 g/mol. The molecule has 0 radical (unpaired) electrons. The molecule has 0 aliphatic heterocycles. The Kier molecular flexibility index (Phi) is 7.56. The minimum absolute atomic E-state index is 0.0750. The second-order valence-corrected chi connectivity index (χ2v) is 9.62. The van der Waals surface area contributed by atoms with Crippen molar-refractivity contribution in [2.24, 2.45) is 0 Å². The van der Waals surface area contributed by atoms with E-state index in [1.165, 1.54) is 0 Å². The molecular formula is C22H28N2O4S. The van der Waals surface area contributed by atoms with Crippen LogP contribution in [0, 0.1) is 27.7 Å². The quantitative estimate of drug-likeness (QED) is 0.686. The van der Waals surface area contributed by atoms with Crippen LogP contribution >= 0.6 is 0 Å². The summed E-state index contributed by atoms with van der Waals surface area (Å²) in [5.41, 5.74) is 5.42. The lowest BCUT2D eigenvalue weighted by atomic mass is 10.0. The van der Waals surface area contributed by atoms with Crippen LogP contribution in [0.5, 0.6) is 0 Å². The van der Waals surface area contributed by atoms with Gasteiger partial charge in [-0.2, -0.15) is 0 Å². The molecule has 7 heteroatoms. The Morgan fingerprint density at radius 2 is 1.41 bits per heavy atom. The van der Waals surface area contributed by atoms with Crippen LogP contribution in [-0.2, 0) is 19.4 Å². The molecule has 0 spiro atoms. The number of hydrogen-bond acceptors (Lipinski definition) is 4. The van der Waals surface area contributed by atoms with E-state index in [9.17, 15) is 18.0 Å². The van der Waals surface area contributed by atoms with Crippen molar-refractivity contribution in [2.45, 2.75) is 40.5 Å². The zero-order valence-corrected chi connectivity index (χ0v) is 18.2. The number of carbonyl (C=O) groups is 2. The second kappa shape index (κ2) is 9.69. The first-order chi connectivity index (χ1) is 13.6. The van der Waals surface area contributed by atoms with E-state index in [-0.39, 0.29) is 24.5 Å². The van der Waals surface area contributed by atoms with E-state index in [1.54, 1.807) is 12.1 Å². The zero-order valence-electron chi connectivity index (χ0n) is 17.3. The van der Waals surface area contributed by atoms with E-state index in [0.29, 0.717) is 5.69 Å². The molecule has 156 valence electrons. The molecule has 2 rings (SSSR count). The first-order valence-electron chi connectivity index (χ1n) is 9.50. The summed E-state index contributed by atoms with van der Waals surface area (Å²) in [4.78, 5) is 24.2. The highest BCUT2D eigenvalue weighted by atomic mass is 32.2. The highest BCUT2D eigenvalue weighted by Crippen LogP contribution is 2.22. The van der Waals surface area contributed by atoms with Gasteiger partial charge in [0.05, 0.1) is 5.75 Å². The van der Waals surface area contributed by atoms with Gasteiger partial charge >= 0.3 is 0 Å². The molecule has 0 saturated carbocycles. The van der Waals surface area contributed by atoms with Crippen molar-refractivity contribution in [3.05, 3.63) is 58.7 Å². The molecule has 6 nitrogen and oxygen atoms in total. The maximum absolute atomic E-state index is 12.2. The highest BCUT2D eigenvalue weighted by Gasteiger charge is 2.18. The van der Waals surface area contributed by atoms with Gasteiger partial charge in [0.1, 0.15) is 5.75 Å². The van der Waals surface area contributed by atoms with Crippen LogP contribution in [0.4, 0.5) is 11.4 Å². The Labute approximate surface area is 172 Å². The number of nitrogens with one attached hydrogen (secondary N) is 2. The molecule has 2 N–H and O–H groups in total. The van der Waals surface area contributed by atoms with Gasteiger partial charge in [-0.3, -0.25) is 9.59 Å². The van der Waals surface area contributed by atoms with Gasteiger partial charge in [-0.05, 0) is 57.4 Å². The summed E-state index contributed by atoms with van der Waals surface area (Å²) in [6.45, 7) is 7.76. The van der Waals surface area contributed by atoms with Crippen LogP contribution in [0.1, 0.15) is 35.1 Å². The predicted molar refractivity (Wildman–Crippen MR) is 117 cm³/mol. The fraction of sp³-hybridized carbons (Fsp3) is 0.364. The molecular weight excluding hydrogens is 388 g/mol. The van der Waals surface area contributed by atoms with Crippen molar-refractivity contribution in [2.75, 3.05) is 22.1 Å². The van der Waals surface area contributed by atoms with Gasteiger partial charge in [0.15, 0.2) is 9.84 Å². The van der Waals surface area contributed by atoms with E-state index < -0.39 is 21.5 Å². The zero-order chi connectivity index (χ0) is 21.6. The number of rotatable bonds is 8. The number of sulfone groups is 1. The number of hydrogen-bond donors (Lipinski definition) is 2. The van der Waals surface area contributed by atoms with E-state index >= 15 is 0 Å². The number of benzene rings is 2. The Morgan fingerprint density at radius 3 is 2.00 bits per heavy atom. The summed E-state index contributed by atoms with van der Waals surface area (Å²) >= 11 is 0. The summed E-state index contributed by atoms with van der Waals surface area (Å²) in [5, 5.41) is 5.43. The van der Waals surface area contributed by atoms with Crippen LogP contribution in [0.15, 0.2) is 36.4 Å². The number of anilines is 2. The van der Waals surface area contributed by atoms with Crippen molar-refractivity contribution >= 4 is 33.0 Å². The summed E-state index contributed by atoms with van der Waals surface area (Å²) in [5.74, 6) is -1.63. The van der Waals surface area contributed by atoms with Gasteiger partial charge < -0.3 is 10.6 Å². The van der Waals surface area contributed by atoms with Crippen LogP contribution in [0.25, 0.3) is 0 Å². The molecule has 0 aromatic heterocycles. The molecule has 2 amide bonds. The molecule has 0 unspecified atom stereocenters. The van der Waals surface area contributed by atoms with Gasteiger partial charge in [-0.1, -0.05) is 35.4 Å². The summed E-state index contributed by atoms with van der Waals surface area (Å²) in [7, 11) is -3.59. The lowest BCUT2D eigenvalue weighted by Gasteiger charge is -2.13. The largest absolute Gasteiger partial charge is 0.326 e. The third-order valence-electron chi connectivity index (χ3n) is 4.49. The van der Waals surface area contributed by atoms with E-state index in [1.807, 2.05) is 52.0 Å². The third kappa shape index (κ3) is 7.34. The first kappa shape index (κ1) is 22.6. The third-order valence-corrected chi connectivity index (χ3v) is 6.10. The molecule has 2 aromatic rings. The molecule has 0 heterocycles. The Hall–Kier alpha value is -2.67. The summed E-state index contributed by atoms with van der Waals surface area (Å²) < 4.78 is 24.4. The minimum atomic E-state index is -3.59. The Bertz CT molecular complexity index is 973. The number of amides is 2. The van der Waals surface area contributed by atoms with Crippen molar-refractivity contribution in [3.8, 4) is 0 Å². The van der Waals surface area contributed by atoms with Gasteiger partial charge in [0.2, 0.25) is 11.8 Å². The first-order valence-corrected chi connectivity index (χ1v) is 11.3. The molecule has 0 bridgehead atoms. The fourth-order valence-electron chi connectivity index (χ4n) is 3.14. The second-order valence-electron chi connectivity index (χ2n) is 7.43. The van der Waals surface area contributed by atoms with Gasteiger partial charge in [0, 0.05) is 17.8 Å². The van der Waals surface area contributed by atoms with E-state index in [2.05, 4.69) is 10.6 Å². The predicted octanol–water partition coefficient (Wildman–Crippen LogP) is 3.69. The van der Waals surface area contributed by atoms with Gasteiger partial charge in [-0.25, -0.2) is 8.42 Å². The molecule has 29 heavy (non-hydrogen) atoms. The maximum atomic E-state index is 12.2. The van der Waals surface area contributed by atoms with Crippen LogP contribution in [0.3, 0.4) is 0 Å². The lowest BCUT2D eigenvalue weighted by Crippen LogP contribution is -2.25. The maximum Gasteiger partial charge on any atom is 0.239 e. The fourth-order valence-corrected chi connectivity index (χ4v) is 4.34. The number of carbonyl (C=O) groups excluding carboxylic acids is 2. The normalized spacial score (nSPS) is 11.2. The molecule has 0 fully saturated rings. The molecule has 0 atom stereocenters. The van der Waals surface area contributed by atoms with E-state index in [0.717, 1.165) is 27.9 Å². The van der Waals surface area contributed by atoms with E-state index in [4.69, 9.17) is 0 Å². The summed E-state index contributed by atoms with van der Waals surface area (Å²) in [6, 6.07) is 11.1. The smallest absolute Gasteiger partial charge is 0.239 e. The molecule has 0 saturated heterocycles. The monoisotopic (exact) mass is 416 g/mol. The lowest BCUT2D eigenvalue weighted by molar-refractivity contribution is -0.116. The van der Waals surface area contributed by atoms with Crippen molar-refractivity contribution in [3.63, 3.8) is 0 Å². The minimum Gasteiger partial charge on any atom is -0.326 e. The standard InChI is InChI=1S/C22H28N2O4S/c1-15-7-9-19(10-8-15)23-21(26)14-29(27,28)11-5-6-20(25)24-22-17(3)12-16(2)13-18(22)4/h7-10,12-13H,5-6,11,14H2,1-4H3,(H,23,26)(H,24,25). The van der Waals surface area contributed by atoms with Crippen LogP contribution < -0.4 is 10.6 Å². The van der Waals surface area contributed by atoms with Crippen molar-refractivity contribution in [1.29, 1.82) is 0 Å². The Morgan fingerprint density at radius 1 is 0.828 bits per heavy atom. The van der Waals surface area contributed by atoms with Crippen molar-refractivity contribution < 1.29 is 18.0 Å². The van der Waals surface area contributed by atoms with Crippen LogP contribution in [0.2, 0.25) is 0 Å². The topological polar surface area (TPSA) is 92.3 Å². The molecule has 2 aromatic carbocycles. The Balaban J connectivity index is 1.81. The van der Waals surface area contributed by atoms with Crippen LogP contribution in [-0.4, -0.2) is 31.7 Å². The molecule has 0 aliphatic rings. The van der Waals surface area contributed by atoms with Gasteiger partial charge in [-0.15, -0.1) is 0 Å². The number of aryl methyl sites for hydroxylation is 4. The highest BCUT2D eigenvalue weighted by molar-refractivity contribution is 7.92. The van der Waals surface area contributed by atoms with Gasteiger partial charge in [0.25, 0.3) is 0 Å². The SMILES string of the molecule is Cc1ccc(NC(=O)CS(=O)(=O)CCCC(=O)Nc2c(C)cc(C)cc2C)cc1. The van der Waals surface area contributed by atoms with Crippen molar-refractivity contribution in [1.82, 2.24) is 0 Å². The molecule has 0 aliphatic carbocycles.